The number of aryl methyl sites for hydroxylation is 1. The number of nitrogens with zero attached hydrogens (tertiary/aromatic N) is 2. The topological polar surface area (TPSA) is 65.1 Å². The Labute approximate surface area is 142 Å². The number of H-pyrrole nitrogens is 1. The molecule has 0 aliphatic heterocycles. The molecule has 24 heavy (non-hydrogen) atoms. The largest absolute Gasteiger partial charge is 0.361 e. The van der Waals surface area contributed by atoms with Crippen molar-refractivity contribution in [1.29, 1.82) is 0 Å². The zero-order chi connectivity index (χ0) is 16.8. The van der Waals surface area contributed by atoms with Gasteiger partial charge in [0.25, 0.3) is 0 Å². The number of aromatic amines is 1. The molecule has 0 radical (unpaired) electrons. The van der Waals surface area contributed by atoms with E-state index in [-0.39, 0.29) is 0 Å². The predicted molar refractivity (Wildman–Crippen MR) is 99.2 cm³/mol. The summed E-state index contributed by atoms with van der Waals surface area (Å²) in [5.41, 5.74) is 4.82. The minimum absolute atomic E-state index is 0.660. The number of benzene rings is 1. The summed E-state index contributed by atoms with van der Waals surface area (Å²) >= 11 is 0. The first kappa shape index (κ1) is 16.1. The van der Waals surface area contributed by atoms with Crippen LogP contribution in [0.5, 0.6) is 0 Å². The lowest BCUT2D eigenvalue weighted by molar-refractivity contribution is 0.785. The summed E-state index contributed by atoms with van der Waals surface area (Å²) in [6.07, 6.45) is 4.84. The standard InChI is InChI=1S/C19H23N5/c1-14-6-5-8-17-15(12-23-18(14)17)9-11-22-19(20-2)24-13-16-7-3-4-10-21-16/h3-8,10,12,23H,9,11,13H2,1-2H3,(H2,20,22,24). The minimum atomic E-state index is 0.660. The van der Waals surface area contributed by atoms with Crippen molar-refractivity contribution in [3.8, 4) is 0 Å². The number of hydrogen-bond acceptors (Lipinski definition) is 2. The van der Waals surface area contributed by atoms with Crippen molar-refractivity contribution in [2.24, 2.45) is 4.99 Å². The highest BCUT2D eigenvalue weighted by molar-refractivity contribution is 5.86. The van der Waals surface area contributed by atoms with Gasteiger partial charge in [0.2, 0.25) is 0 Å². The quantitative estimate of drug-likeness (QED) is 0.500. The fourth-order valence-electron chi connectivity index (χ4n) is 2.78. The molecule has 0 bridgehead atoms. The van der Waals surface area contributed by atoms with Crippen molar-refractivity contribution >= 4 is 16.9 Å². The van der Waals surface area contributed by atoms with Crippen molar-refractivity contribution in [1.82, 2.24) is 20.6 Å². The predicted octanol–water partition coefficient (Wildman–Crippen LogP) is 2.78. The number of para-hydroxylation sites is 1. The highest BCUT2D eigenvalue weighted by Crippen LogP contribution is 2.21. The molecule has 0 unspecified atom stereocenters. The zero-order valence-electron chi connectivity index (χ0n) is 14.1. The lowest BCUT2D eigenvalue weighted by atomic mass is 10.1. The Kier molecular flexibility index (Phi) is 5.11. The van der Waals surface area contributed by atoms with Crippen molar-refractivity contribution in [3.05, 3.63) is 65.6 Å². The van der Waals surface area contributed by atoms with Gasteiger partial charge in [-0.05, 0) is 36.6 Å². The van der Waals surface area contributed by atoms with Gasteiger partial charge in [0.1, 0.15) is 0 Å². The van der Waals surface area contributed by atoms with E-state index in [1.165, 1.54) is 22.0 Å². The highest BCUT2D eigenvalue weighted by atomic mass is 15.2. The van der Waals surface area contributed by atoms with Gasteiger partial charge in [-0.1, -0.05) is 24.3 Å². The molecule has 2 aromatic heterocycles. The van der Waals surface area contributed by atoms with Crippen LogP contribution in [0, 0.1) is 6.92 Å². The Balaban J connectivity index is 1.53. The van der Waals surface area contributed by atoms with Gasteiger partial charge in [-0.25, -0.2) is 0 Å². The van der Waals surface area contributed by atoms with Crippen molar-refractivity contribution < 1.29 is 0 Å². The molecule has 0 aliphatic rings. The molecule has 0 saturated heterocycles. The van der Waals surface area contributed by atoms with Crippen LogP contribution in [0.15, 0.2) is 53.8 Å². The first-order valence-corrected chi connectivity index (χ1v) is 8.18. The Morgan fingerprint density at radius 1 is 1.17 bits per heavy atom. The van der Waals surface area contributed by atoms with E-state index in [2.05, 4.69) is 56.9 Å². The SMILES string of the molecule is CN=C(NCCc1c[nH]c2c(C)cccc12)NCc1ccccn1. The third-order valence-corrected chi connectivity index (χ3v) is 4.08. The van der Waals surface area contributed by atoms with Crippen LogP contribution in [0.25, 0.3) is 10.9 Å². The molecule has 0 spiro atoms. The zero-order valence-corrected chi connectivity index (χ0v) is 14.1. The molecule has 0 amide bonds. The van der Waals surface area contributed by atoms with Crippen LogP contribution in [-0.4, -0.2) is 29.5 Å². The molecule has 2 heterocycles. The van der Waals surface area contributed by atoms with Crippen LogP contribution in [0.3, 0.4) is 0 Å². The summed E-state index contributed by atoms with van der Waals surface area (Å²) in [5, 5.41) is 7.93. The highest BCUT2D eigenvalue weighted by Gasteiger charge is 2.05. The minimum Gasteiger partial charge on any atom is -0.361 e. The Morgan fingerprint density at radius 2 is 2.08 bits per heavy atom. The maximum atomic E-state index is 4.30. The molecule has 0 atom stereocenters. The van der Waals surface area contributed by atoms with E-state index in [0.717, 1.165) is 24.6 Å². The van der Waals surface area contributed by atoms with Gasteiger partial charge in [-0.3, -0.25) is 9.98 Å². The first-order valence-electron chi connectivity index (χ1n) is 8.18. The number of fused-ring (bicyclic) bond motifs is 1. The van der Waals surface area contributed by atoms with Gasteiger partial charge < -0.3 is 15.6 Å². The smallest absolute Gasteiger partial charge is 0.191 e. The van der Waals surface area contributed by atoms with Gasteiger partial charge in [-0.2, -0.15) is 0 Å². The van der Waals surface area contributed by atoms with Gasteiger partial charge in [0.05, 0.1) is 12.2 Å². The number of rotatable bonds is 5. The van der Waals surface area contributed by atoms with E-state index in [4.69, 9.17) is 0 Å². The van der Waals surface area contributed by atoms with Gasteiger partial charge in [0.15, 0.2) is 5.96 Å². The van der Waals surface area contributed by atoms with E-state index in [1.807, 2.05) is 18.2 Å². The van der Waals surface area contributed by atoms with Gasteiger partial charge in [0, 0.05) is 36.9 Å². The van der Waals surface area contributed by atoms with E-state index in [9.17, 15) is 0 Å². The Morgan fingerprint density at radius 3 is 2.88 bits per heavy atom. The summed E-state index contributed by atoms with van der Waals surface area (Å²) in [5.74, 6) is 0.789. The van der Waals surface area contributed by atoms with Crippen LogP contribution in [0.1, 0.15) is 16.8 Å². The number of hydrogen-bond donors (Lipinski definition) is 3. The van der Waals surface area contributed by atoms with Crippen molar-refractivity contribution in [2.45, 2.75) is 19.9 Å². The van der Waals surface area contributed by atoms with E-state index < -0.39 is 0 Å². The van der Waals surface area contributed by atoms with Crippen LogP contribution >= 0.6 is 0 Å². The summed E-state index contributed by atoms with van der Waals surface area (Å²) in [6, 6.07) is 12.3. The number of guanidine groups is 1. The molecule has 3 rings (SSSR count). The van der Waals surface area contributed by atoms with Crippen LogP contribution < -0.4 is 10.6 Å². The van der Waals surface area contributed by atoms with Gasteiger partial charge in [-0.15, -0.1) is 0 Å². The van der Waals surface area contributed by atoms with Crippen LogP contribution in [0.2, 0.25) is 0 Å². The second kappa shape index (κ2) is 7.64. The lowest BCUT2D eigenvalue weighted by Gasteiger charge is -2.11. The van der Waals surface area contributed by atoms with Crippen LogP contribution in [0.4, 0.5) is 0 Å². The van der Waals surface area contributed by atoms with Gasteiger partial charge >= 0.3 is 0 Å². The number of nitrogens with one attached hydrogen (secondary N) is 3. The number of aromatic nitrogens is 2. The summed E-state index contributed by atoms with van der Waals surface area (Å²) in [6.45, 7) is 3.61. The third kappa shape index (κ3) is 3.74. The average Bonchev–Trinajstić information content (AvgIpc) is 3.03. The van der Waals surface area contributed by atoms with E-state index in [1.54, 1.807) is 13.2 Å². The summed E-state index contributed by atoms with van der Waals surface area (Å²) < 4.78 is 0. The summed E-state index contributed by atoms with van der Waals surface area (Å²) in [4.78, 5) is 11.9. The second-order valence-electron chi connectivity index (χ2n) is 5.74. The molecule has 5 nitrogen and oxygen atoms in total. The summed E-state index contributed by atoms with van der Waals surface area (Å²) in [7, 11) is 1.78. The number of pyridine rings is 1. The van der Waals surface area contributed by atoms with E-state index in [0.29, 0.717) is 6.54 Å². The molecule has 124 valence electrons. The van der Waals surface area contributed by atoms with Crippen molar-refractivity contribution in [3.63, 3.8) is 0 Å². The maximum absolute atomic E-state index is 4.30. The van der Waals surface area contributed by atoms with Crippen LogP contribution in [-0.2, 0) is 13.0 Å². The third-order valence-electron chi connectivity index (χ3n) is 4.08. The fourth-order valence-corrected chi connectivity index (χ4v) is 2.78. The van der Waals surface area contributed by atoms with Crippen molar-refractivity contribution in [2.75, 3.05) is 13.6 Å². The monoisotopic (exact) mass is 321 g/mol. The van der Waals surface area contributed by atoms with E-state index >= 15 is 0 Å². The Bertz CT molecular complexity index is 820. The lowest BCUT2D eigenvalue weighted by Crippen LogP contribution is -2.38. The molecular weight excluding hydrogens is 298 g/mol. The molecular formula is C19H23N5. The number of aliphatic imine (C=N–C) groups is 1. The fraction of sp³-hybridized carbons (Fsp3) is 0.263. The first-order chi connectivity index (χ1) is 11.8. The molecule has 1 aromatic carbocycles. The maximum Gasteiger partial charge on any atom is 0.191 e. The molecule has 0 fully saturated rings. The second-order valence-corrected chi connectivity index (χ2v) is 5.74. The average molecular weight is 321 g/mol. The molecule has 0 aliphatic carbocycles. The molecule has 5 heteroatoms. The normalized spacial score (nSPS) is 11.7. The Hall–Kier alpha value is -2.82. The molecule has 0 saturated carbocycles. The molecule has 3 N–H and O–H groups in total. The molecule has 3 aromatic rings.